The van der Waals surface area contributed by atoms with E-state index in [2.05, 4.69) is 22.9 Å². The van der Waals surface area contributed by atoms with Gasteiger partial charge in [0, 0.05) is 12.6 Å². The van der Waals surface area contributed by atoms with E-state index in [0.29, 0.717) is 11.1 Å². The van der Waals surface area contributed by atoms with Crippen LogP contribution in [-0.4, -0.2) is 34.2 Å². The van der Waals surface area contributed by atoms with E-state index >= 15 is 0 Å². The molecule has 0 heterocycles. The molecule has 1 rings (SSSR count). The number of nitrogens with zero attached hydrogens (tertiary/aromatic N) is 1. The summed E-state index contributed by atoms with van der Waals surface area (Å²) in [4.78, 5) is 16.7. The van der Waals surface area contributed by atoms with Gasteiger partial charge in [0.15, 0.2) is 5.71 Å². The Morgan fingerprint density at radius 3 is 2.62 bits per heavy atom. The minimum Gasteiger partial charge on any atom is -0.398 e. The highest BCUT2D eigenvalue weighted by molar-refractivity contribution is 7.88. The number of benzene rings is 1. The maximum absolute atomic E-state index is 12.1. The van der Waals surface area contributed by atoms with Crippen molar-refractivity contribution in [2.24, 2.45) is 5.16 Å². The number of carbonyl (C=O) groups excluding carboxylic acids is 1. The monoisotopic (exact) mass is 333 g/mol. The summed E-state index contributed by atoms with van der Waals surface area (Å²) in [5.74, 6) is -0.933. The zero-order valence-electron chi connectivity index (χ0n) is 11.4. The largest absolute Gasteiger partial charge is 0.398 e. The van der Waals surface area contributed by atoms with Gasteiger partial charge in [-0.1, -0.05) is 29.4 Å². The Labute approximate surface area is 128 Å². The molecule has 10 heteroatoms. The van der Waals surface area contributed by atoms with Gasteiger partial charge in [0.05, 0.1) is 6.61 Å². The average Bonchev–Trinajstić information content (AvgIpc) is 2.45. The second-order valence-corrected chi connectivity index (χ2v) is 5.57. The van der Waals surface area contributed by atoms with E-state index in [0.717, 1.165) is 0 Å². The lowest BCUT2D eigenvalue weighted by atomic mass is 10.0. The molecule has 0 fully saturated rings. The van der Waals surface area contributed by atoms with Crippen LogP contribution in [0.25, 0.3) is 0 Å². The third kappa shape index (κ3) is 5.01. The highest BCUT2D eigenvalue weighted by Gasteiger charge is 2.22. The molecule has 1 aromatic carbocycles. The minimum absolute atomic E-state index is 0.105. The molecule has 116 valence electrons. The fourth-order valence-electron chi connectivity index (χ4n) is 1.47. The quantitative estimate of drug-likeness (QED) is 0.281. The SMILES string of the molecule is CNS(=O)(=O)NC(=O)/C(=N/OC)c1ccccc1COS. The van der Waals surface area contributed by atoms with Crippen molar-refractivity contribution in [2.45, 2.75) is 6.61 Å². The Kier molecular flexibility index (Phi) is 6.62. The first-order valence-electron chi connectivity index (χ1n) is 5.66. The maximum Gasteiger partial charge on any atom is 0.301 e. The van der Waals surface area contributed by atoms with Crippen LogP contribution in [0.5, 0.6) is 0 Å². The topological polar surface area (TPSA) is 106 Å². The summed E-state index contributed by atoms with van der Waals surface area (Å²) < 4.78 is 31.3. The number of nitrogens with one attached hydrogen (secondary N) is 2. The lowest BCUT2D eigenvalue weighted by molar-refractivity contribution is -0.113. The van der Waals surface area contributed by atoms with E-state index in [-0.39, 0.29) is 12.3 Å². The third-order valence-corrected chi connectivity index (χ3v) is 3.51. The van der Waals surface area contributed by atoms with Gasteiger partial charge >= 0.3 is 10.2 Å². The molecule has 0 aliphatic rings. The molecule has 0 saturated heterocycles. The molecule has 0 aromatic heterocycles. The molecule has 1 aromatic rings. The lowest BCUT2D eigenvalue weighted by Crippen LogP contribution is -2.42. The normalized spacial score (nSPS) is 12.0. The van der Waals surface area contributed by atoms with Gasteiger partial charge in [-0.2, -0.15) is 8.42 Å². The zero-order chi connectivity index (χ0) is 15.9. The van der Waals surface area contributed by atoms with Crippen LogP contribution in [0, 0.1) is 0 Å². The van der Waals surface area contributed by atoms with Crippen LogP contribution in [0.3, 0.4) is 0 Å². The zero-order valence-corrected chi connectivity index (χ0v) is 13.1. The van der Waals surface area contributed by atoms with E-state index in [9.17, 15) is 13.2 Å². The van der Waals surface area contributed by atoms with Gasteiger partial charge in [0.25, 0.3) is 5.91 Å². The first-order chi connectivity index (χ1) is 9.95. The second kappa shape index (κ2) is 7.98. The van der Waals surface area contributed by atoms with Crippen molar-refractivity contribution in [2.75, 3.05) is 14.2 Å². The highest BCUT2D eigenvalue weighted by Crippen LogP contribution is 2.13. The Bertz CT molecular complexity index is 631. The first-order valence-corrected chi connectivity index (χ1v) is 7.51. The van der Waals surface area contributed by atoms with Gasteiger partial charge in [-0.25, -0.2) is 9.44 Å². The summed E-state index contributed by atoms with van der Waals surface area (Å²) in [6.45, 7) is 0.105. The first kappa shape index (κ1) is 17.4. The van der Waals surface area contributed by atoms with Gasteiger partial charge in [0.1, 0.15) is 7.11 Å². The van der Waals surface area contributed by atoms with Crippen molar-refractivity contribution in [3.63, 3.8) is 0 Å². The number of rotatable bonds is 7. The van der Waals surface area contributed by atoms with Crippen LogP contribution >= 0.6 is 12.9 Å². The smallest absolute Gasteiger partial charge is 0.301 e. The predicted molar refractivity (Wildman–Crippen MR) is 79.9 cm³/mol. The molecule has 0 aliphatic carbocycles. The number of carbonyl (C=O) groups is 1. The minimum atomic E-state index is -3.95. The van der Waals surface area contributed by atoms with Gasteiger partial charge < -0.3 is 9.02 Å². The van der Waals surface area contributed by atoms with E-state index in [1.807, 2.05) is 9.44 Å². The molecule has 0 radical (unpaired) electrons. The Morgan fingerprint density at radius 1 is 1.38 bits per heavy atom. The summed E-state index contributed by atoms with van der Waals surface area (Å²) >= 11 is 3.66. The summed E-state index contributed by atoms with van der Waals surface area (Å²) in [5, 5.41) is 3.59. The second-order valence-electron chi connectivity index (χ2n) is 3.69. The van der Waals surface area contributed by atoms with Crippen molar-refractivity contribution in [3.05, 3.63) is 35.4 Å². The van der Waals surface area contributed by atoms with E-state index in [1.54, 1.807) is 24.3 Å². The molecular formula is C11H15N3O5S2. The molecule has 0 bridgehead atoms. The number of oxime groups is 1. The summed E-state index contributed by atoms with van der Waals surface area (Å²) in [7, 11) is -1.53. The highest BCUT2D eigenvalue weighted by atomic mass is 32.2. The molecule has 0 saturated carbocycles. The predicted octanol–water partition coefficient (Wildman–Crippen LogP) is -0.0211. The van der Waals surface area contributed by atoms with Crippen molar-refractivity contribution in [1.82, 2.24) is 9.44 Å². The molecular weight excluding hydrogens is 318 g/mol. The Hall–Kier alpha value is -1.62. The third-order valence-electron chi connectivity index (χ3n) is 2.39. The van der Waals surface area contributed by atoms with Gasteiger partial charge in [0.2, 0.25) is 0 Å². The number of amides is 1. The molecule has 1 amide bonds. The van der Waals surface area contributed by atoms with Crippen molar-refractivity contribution in [3.8, 4) is 0 Å². The fraction of sp³-hybridized carbons (Fsp3) is 0.273. The lowest BCUT2D eigenvalue weighted by Gasteiger charge is -2.11. The summed E-state index contributed by atoms with van der Waals surface area (Å²) in [6, 6.07) is 6.68. The van der Waals surface area contributed by atoms with Crippen molar-refractivity contribution in [1.29, 1.82) is 0 Å². The molecule has 2 N–H and O–H groups in total. The molecule has 0 unspecified atom stereocenters. The summed E-state index contributed by atoms with van der Waals surface area (Å²) in [5.41, 5.74) is 0.773. The van der Waals surface area contributed by atoms with Crippen LogP contribution in [0.15, 0.2) is 29.4 Å². The van der Waals surface area contributed by atoms with Crippen LogP contribution < -0.4 is 9.44 Å². The van der Waals surface area contributed by atoms with Gasteiger partial charge in [-0.15, -0.1) is 0 Å². The maximum atomic E-state index is 12.1. The standard InChI is InChI=1S/C11H15N3O5S2/c1-12-21(16,17)14-11(15)10(13-18-2)9-6-4-3-5-8(9)7-19-20/h3-6,12,20H,7H2,1-2H3,(H,14,15)/b13-10+. The molecule has 8 nitrogen and oxygen atoms in total. The van der Waals surface area contributed by atoms with Crippen LogP contribution in [0.1, 0.15) is 11.1 Å². The van der Waals surface area contributed by atoms with Crippen LogP contribution in [0.4, 0.5) is 0 Å². The van der Waals surface area contributed by atoms with Crippen LogP contribution in [-0.2, 0) is 30.6 Å². The molecule has 0 aliphatic heterocycles. The number of thiol groups is 1. The summed E-state index contributed by atoms with van der Waals surface area (Å²) in [6.07, 6.45) is 0. The van der Waals surface area contributed by atoms with Crippen LogP contribution in [0.2, 0.25) is 0 Å². The molecule has 0 atom stereocenters. The van der Waals surface area contributed by atoms with Gasteiger partial charge in [-0.3, -0.25) is 4.79 Å². The Morgan fingerprint density at radius 2 is 2.05 bits per heavy atom. The average molecular weight is 333 g/mol. The molecule has 0 spiro atoms. The van der Waals surface area contributed by atoms with Crippen molar-refractivity contribution >= 4 is 34.7 Å². The van der Waals surface area contributed by atoms with E-state index in [1.165, 1.54) is 14.2 Å². The van der Waals surface area contributed by atoms with Gasteiger partial charge in [-0.05, 0) is 18.5 Å². The number of hydrogen-bond donors (Lipinski definition) is 3. The van der Waals surface area contributed by atoms with Crippen molar-refractivity contribution < 1.29 is 22.2 Å². The van der Waals surface area contributed by atoms with E-state index in [4.69, 9.17) is 4.18 Å². The number of hydrogen-bond acceptors (Lipinski definition) is 7. The fourth-order valence-corrected chi connectivity index (χ4v) is 2.05. The molecule has 21 heavy (non-hydrogen) atoms. The van der Waals surface area contributed by atoms with E-state index < -0.39 is 16.1 Å². The Balaban J connectivity index is 3.20.